The Morgan fingerprint density at radius 1 is 1.31 bits per heavy atom. The highest BCUT2D eigenvalue weighted by Crippen LogP contribution is 2.10. The first-order chi connectivity index (χ1) is 12.6. The monoisotopic (exact) mass is 361 g/mol. The molecule has 1 fully saturated rings. The first kappa shape index (κ1) is 20.0. The SMILES string of the molecule is CCNC(=NCCCCn1ccccc1=O)NC1CCN(C(=O)CC)C1. The van der Waals surface area contributed by atoms with E-state index in [0.29, 0.717) is 13.0 Å². The first-order valence-corrected chi connectivity index (χ1v) is 9.62. The second kappa shape index (κ2) is 10.6. The van der Waals surface area contributed by atoms with Crippen LogP contribution in [0.2, 0.25) is 0 Å². The minimum Gasteiger partial charge on any atom is -0.357 e. The van der Waals surface area contributed by atoms with Crippen molar-refractivity contribution in [3.05, 3.63) is 34.7 Å². The lowest BCUT2D eigenvalue weighted by Gasteiger charge is -2.18. The number of aliphatic imine (C=N–C) groups is 1. The van der Waals surface area contributed by atoms with Crippen molar-refractivity contribution in [1.29, 1.82) is 0 Å². The highest BCUT2D eigenvalue weighted by molar-refractivity contribution is 5.80. The molecule has 2 heterocycles. The average molecular weight is 361 g/mol. The van der Waals surface area contributed by atoms with Crippen molar-refractivity contribution in [2.75, 3.05) is 26.2 Å². The fraction of sp³-hybridized carbons (Fsp3) is 0.632. The van der Waals surface area contributed by atoms with Crippen molar-refractivity contribution in [1.82, 2.24) is 20.1 Å². The minimum atomic E-state index is 0.0402. The van der Waals surface area contributed by atoms with Crippen LogP contribution in [0, 0.1) is 0 Å². The Bertz CT molecular complexity index is 655. The molecule has 0 radical (unpaired) electrons. The topological polar surface area (TPSA) is 78.7 Å². The van der Waals surface area contributed by atoms with E-state index in [1.807, 2.05) is 31.0 Å². The van der Waals surface area contributed by atoms with Crippen LogP contribution in [-0.2, 0) is 11.3 Å². The average Bonchev–Trinajstić information content (AvgIpc) is 3.11. The zero-order chi connectivity index (χ0) is 18.8. The lowest BCUT2D eigenvalue weighted by Crippen LogP contribution is -2.45. The molecule has 1 amide bonds. The van der Waals surface area contributed by atoms with Crippen molar-refractivity contribution < 1.29 is 4.79 Å². The molecule has 1 atom stereocenters. The number of hydrogen-bond acceptors (Lipinski definition) is 3. The molecule has 144 valence electrons. The van der Waals surface area contributed by atoms with Crippen LogP contribution >= 0.6 is 0 Å². The van der Waals surface area contributed by atoms with E-state index in [0.717, 1.165) is 51.4 Å². The molecular weight excluding hydrogens is 330 g/mol. The number of aryl methyl sites for hydroxylation is 1. The van der Waals surface area contributed by atoms with Crippen LogP contribution in [0.3, 0.4) is 0 Å². The second-order valence-corrected chi connectivity index (χ2v) is 6.52. The predicted molar refractivity (Wildman–Crippen MR) is 104 cm³/mol. The summed E-state index contributed by atoms with van der Waals surface area (Å²) < 4.78 is 1.73. The van der Waals surface area contributed by atoms with Crippen molar-refractivity contribution in [2.24, 2.45) is 4.99 Å². The van der Waals surface area contributed by atoms with Crippen molar-refractivity contribution >= 4 is 11.9 Å². The minimum absolute atomic E-state index is 0.0402. The molecule has 2 N–H and O–H groups in total. The summed E-state index contributed by atoms with van der Waals surface area (Å²) in [5, 5.41) is 6.70. The number of amides is 1. The zero-order valence-electron chi connectivity index (χ0n) is 15.9. The molecule has 0 aromatic carbocycles. The fourth-order valence-electron chi connectivity index (χ4n) is 3.07. The number of rotatable bonds is 8. The molecule has 0 spiro atoms. The van der Waals surface area contributed by atoms with E-state index < -0.39 is 0 Å². The Morgan fingerprint density at radius 2 is 2.15 bits per heavy atom. The number of carbonyl (C=O) groups is 1. The molecule has 0 aliphatic carbocycles. The van der Waals surface area contributed by atoms with Gasteiger partial charge in [0, 0.05) is 57.4 Å². The van der Waals surface area contributed by atoms with Crippen LogP contribution in [0.4, 0.5) is 0 Å². The van der Waals surface area contributed by atoms with E-state index in [1.165, 1.54) is 0 Å². The maximum Gasteiger partial charge on any atom is 0.250 e. The van der Waals surface area contributed by atoms with Gasteiger partial charge in [0.2, 0.25) is 11.5 Å². The summed E-state index contributed by atoms with van der Waals surface area (Å²) in [6.07, 6.45) is 5.16. The normalized spacial score (nSPS) is 17.4. The lowest BCUT2D eigenvalue weighted by atomic mass is 10.3. The Morgan fingerprint density at radius 3 is 2.88 bits per heavy atom. The number of unbranched alkanes of at least 4 members (excludes halogenated alkanes) is 1. The lowest BCUT2D eigenvalue weighted by molar-refractivity contribution is -0.129. The van der Waals surface area contributed by atoms with Gasteiger partial charge in [0.25, 0.3) is 0 Å². The number of nitrogens with zero attached hydrogens (tertiary/aromatic N) is 3. The highest BCUT2D eigenvalue weighted by Gasteiger charge is 2.25. The summed E-state index contributed by atoms with van der Waals surface area (Å²) in [7, 11) is 0. The molecule has 1 aromatic rings. The molecule has 0 saturated carbocycles. The van der Waals surface area contributed by atoms with Gasteiger partial charge < -0.3 is 20.1 Å². The van der Waals surface area contributed by atoms with Gasteiger partial charge in [0.15, 0.2) is 5.96 Å². The van der Waals surface area contributed by atoms with Gasteiger partial charge in [-0.2, -0.15) is 0 Å². The number of likely N-dealkylation sites (tertiary alicyclic amines) is 1. The molecule has 1 aliphatic rings. The van der Waals surface area contributed by atoms with Crippen LogP contribution in [-0.4, -0.2) is 53.6 Å². The molecule has 7 nitrogen and oxygen atoms in total. The van der Waals surface area contributed by atoms with Crippen molar-refractivity contribution in [3.63, 3.8) is 0 Å². The third-order valence-corrected chi connectivity index (χ3v) is 4.50. The summed E-state index contributed by atoms with van der Waals surface area (Å²) in [4.78, 5) is 30.0. The van der Waals surface area contributed by atoms with E-state index in [1.54, 1.807) is 16.7 Å². The van der Waals surface area contributed by atoms with Gasteiger partial charge >= 0.3 is 0 Å². The molecule has 0 bridgehead atoms. The summed E-state index contributed by atoms with van der Waals surface area (Å²) in [6, 6.07) is 5.47. The van der Waals surface area contributed by atoms with Crippen LogP contribution in [0.15, 0.2) is 34.2 Å². The fourth-order valence-corrected chi connectivity index (χ4v) is 3.07. The Kier molecular flexibility index (Phi) is 8.18. The zero-order valence-corrected chi connectivity index (χ0v) is 15.9. The molecule has 1 saturated heterocycles. The molecule has 26 heavy (non-hydrogen) atoms. The van der Waals surface area contributed by atoms with Gasteiger partial charge in [-0.25, -0.2) is 0 Å². The van der Waals surface area contributed by atoms with Crippen LogP contribution in [0.1, 0.15) is 39.5 Å². The molecule has 1 aliphatic heterocycles. The molecule has 2 rings (SSSR count). The Labute approximate surface area is 155 Å². The molecule has 1 aromatic heterocycles. The van der Waals surface area contributed by atoms with Gasteiger partial charge in [0.1, 0.15) is 0 Å². The number of carbonyl (C=O) groups excluding carboxylic acids is 1. The third-order valence-electron chi connectivity index (χ3n) is 4.50. The summed E-state index contributed by atoms with van der Waals surface area (Å²) in [5.74, 6) is 1.02. The highest BCUT2D eigenvalue weighted by atomic mass is 16.2. The van der Waals surface area contributed by atoms with E-state index in [4.69, 9.17) is 0 Å². The molecule has 1 unspecified atom stereocenters. The van der Waals surface area contributed by atoms with Gasteiger partial charge in [-0.1, -0.05) is 13.0 Å². The number of pyridine rings is 1. The maximum atomic E-state index is 11.8. The van der Waals surface area contributed by atoms with Gasteiger partial charge in [-0.3, -0.25) is 14.6 Å². The van der Waals surface area contributed by atoms with E-state index in [9.17, 15) is 9.59 Å². The standard InChI is InChI=1S/C19H31N5O2/c1-3-17(25)24-14-10-16(15-24)22-19(20-4-2)21-11-6-8-13-23-12-7-5-9-18(23)26/h5,7,9,12,16H,3-4,6,8,10-11,13-15H2,1-2H3,(H2,20,21,22). The third kappa shape index (κ3) is 6.20. The first-order valence-electron chi connectivity index (χ1n) is 9.62. The quantitative estimate of drug-likeness (QED) is 0.414. The van der Waals surface area contributed by atoms with Crippen LogP contribution in [0.25, 0.3) is 0 Å². The largest absolute Gasteiger partial charge is 0.357 e. The smallest absolute Gasteiger partial charge is 0.250 e. The van der Waals surface area contributed by atoms with Crippen molar-refractivity contribution in [3.8, 4) is 0 Å². The number of aromatic nitrogens is 1. The van der Waals surface area contributed by atoms with Gasteiger partial charge in [0.05, 0.1) is 0 Å². The maximum absolute atomic E-state index is 11.8. The van der Waals surface area contributed by atoms with E-state index in [2.05, 4.69) is 15.6 Å². The van der Waals surface area contributed by atoms with E-state index >= 15 is 0 Å². The molecule has 7 heteroatoms. The Hall–Kier alpha value is -2.31. The number of guanidine groups is 1. The number of hydrogen-bond donors (Lipinski definition) is 2. The van der Waals surface area contributed by atoms with Crippen LogP contribution in [0.5, 0.6) is 0 Å². The summed E-state index contributed by atoms with van der Waals surface area (Å²) >= 11 is 0. The predicted octanol–water partition coefficient (Wildman–Crippen LogP) is 1.19. The van der Waals surface area contributed by atoms with Crippen LogP contribution < -0.4 is 16.2 Å². The van der Waals surface area contributed by atoms with Crippen molar-refractivity contribution in [2.45, 2.75) is 52.1 Å². The van der Waals surface area contributed by atoms with Gasteiger partial charge in [-0.05, 0) is 32.3 Å². The van der Waals surface area contributed by atoms with E-state index in [-0.39, 0.29) is 17.5 Å². The molecular formula is C19H31N5O2. The van der Waals surface area contributed by atoms with Gasteiger partial charge in [-0.15, -0.1) is 0 Å². The summed E-state index contributed by atoms with van der Waals surface area (Å²) in [6.45, 7) is 7.73. The summed E-state index contributed by atoms with van der Waals surface area (Å²) in [5.41, 5.74) is 0.0402. The number of nitrogens with one attached hydrogen (secondary N) is 2. The second-order valence-electron chi connectivity index (χ2n) is 6.52. The Balaban J connectivity index is 1.75.